The SMILES string of the molecule is O=C1CCc2c(c(-c3ccccc3)nn3nnnc23)O1. The zero-order valence-corrected chi connectivity index (χ0v) is 10.4. The van der Waals surface area contributed by atoms with E-state index < -0.39 is 0 Å². The summed E-state index contributed by atoms with van der Waals surface area (Å²) in [5.41, 5.74) is 2.79. The molecule has 0 bridgehead atoms. The first-order valence-electron chi connectivity index (χ1n) is 6.20. The highest BCUT2D eigenvalue weighted by atomic mass is 16.5. The van der Waals surface area contributed by atoms with Crippen LogP contribution in [0.25, 0.3) is 16.9 Å². The fraction of sp³-hybridized carbons (Fsp3) is 0.154. The third-order valence-electron chi connectivity index (χ3n) is 3.25. The number of benzene rings is 1. The molecule has 3 aromatic rings. The number of carbonyl (C=O) groups is 1. The van der Waals surface area contributed by atoms with Crippen LogP contribution in [0.2, 0.25) is 0 Å². The van der Waals surface area contributed by atoms with Crippen LogP contribution in [0.1, 0.15) is 12.0 Å². The number of hydrogen-bond donors (Lipinski definition) is 0. The summed E-state index contributed by atoms with van der Waals surface area (Å²) < 4.78 is 6.76. The minimum atomic E-state index is -0.256. The number of rotatable bonds is 1. The molecule has 0 unspecified atom stereocenters. The van der Waals surface area contributed by atoms with Gasteiger partial charge >= 0.3 is 5.97 Å². The van der Waals surface area contributed by atoms with Crippen LogP contribution in [-0.4, -0.2) is 31.2 Å². The number of nitrogens with zero attached hydrogens (tertiary/aromatic N) is 5. The summed E-state index contributed by atoms with van der Waals surface area (Å²) >= 11 is 0. The van der Waals surface area contributed by atoms with Gasteiger partial charge in [-0.3, -0.25) is 4.79 Å². The molecule has 7 heteroatoms. The summed E-state index contributed by atoms with van der Waals surface area (Å²) in [5, 5.41) is 15.8. The second-order valence-corrected chi connectivity index (χ2v) is 4.49. The van der Waals surface area contributed by atoms with Crippen molar-refractivity contribution in [2.45, 2.75) is 12.8 Å². The van der Waals surface area contributed by atoms with E-state index in [0.717, 1.165) is 11.1 Å². The molecular weight excluding hydrogens is 258 g/mol. The Morgan fingerprint density at radius 2 is 2.00 bits per heavy atom. The molecule has 0 N–H and O–H groups in total. The Bertz CT molecular complexity index is 812. The number of fused-ring (bicyclic) bond motifs is 3. The van der Waals surface area contributed by atoms with Crippen LogP contribution < -0.4 is 4.74 Å². The Hall–Kier alpha value is -2.83. The first-order chi connectivity index (χ1) is 9.83. The molecule has 3 heterocycles. The van der Waals surface area contributed by atoms with Crippen LogP contribution in [-0.2, 0) is 11.2 Å². The maximum atomic E-state index is 11.6. The van der Waals surface area contributed by atoms with Gasteiger partial charge in [0.1, 0.15) is 5.69 Å². The Labute approximate surface area is 113 Å². The summed E-state index contributed by atoms with van der Waals surface area (Å²) in [6.07, 6.45) is 0.883. The molecule has 1 aliphatic heterocycles. The van der Waals surface area contributed by atoms with Crippen molar-refractivity contribution in [1.82, 2.24) is 25.3 Å². The van der Waals surface area contributed by atoms with Crippen molar-refractivity contribution in [2.24, 2.45) is 0 Å². The number of aryl methyl sites for hydroxylation is 1. The van der Waals surface area contributed by atoms with E-state index in [-0.39, 0.29) is 5.97 Å². The third-order valence-corrected chi connectivity index (χ3v) is 3.25. The smallest absolute Gasteiger partial charge is 0.311 e. The predicted molar refractivity (Wildman–Crippen MR) is 68.0 cm³/mol. The highest BCUT2D eigenvalue weighted by Crippen LogP contribution is 2.36. The minimum Gasteiger partial charge on any atom is -0.424 e. The largest absolute Gasteiger partial charge is 0.424 e. The summed E-state index contributed by atoms with van der Waals surface area (Å²) in [7, 11) is 0. The molecule has 1 aromatic carbocycles. The number of esters is 1. The van der Waals surface area contributed by atoms with E-state index in [1.807, 2.05) is 30.3 Å². The number of carbonyl (C=O) groups excluding carboxylic acids is 1. The van der Waals surface area contributed by atoms with Gasteiger partial charge in [-0.05, 0) is 16.8 Å². The third kappa shape index (κ3) is 1.56. The standard InChI is InChI=1S/C13H9N5O2/c19-10-7-6-9-12(20-10)11(8-4-2-1-3-5-8)15-18-13(9)14-16-17-18/h1-5H,6-7H2. The zero-order chi connectivity index (χ0) is 13.5. The lowest BCUT2D eigenvalue weighted by molar-refractivity contribution is -0.135. The number of hydrogen-bond acceptors (Lipinski definition) is 6. The summed E-state index contributed by atoms with van der Waals surface area (Å²) in [5.74, 6) is 0.211. The quantitative estimate of drug-likeness (QED) is 0.613. The first-order valence-corrected chi connectivity index (χ1v) is 6.20. The molecule has 0 saturated heterocycles. The minimum absolute atomic E-state index is 0.256. The Kier molecular flexibility index (Phi) is 2.26. The van der Waals surface area contributed by atoms with Gasteiger partial charge in [0.25, 0.3) is 0 Å². The van der Waals surface area contributed by atoms with Crippen LogP contribution in [0.3, 0.4) is 0 Å². The molecule has 98 valence electrons. The van der Waals surface area contributed by atoms with E-state index in [0.29, 0.717) is 29.9 Å². The van der Waals surface area contributed by atoms with Crippen molar-refractivity contribution in [3.8, 4) is 17.0 Å². The summed E-state index contributed by atoms with van der Waals surface area (Å²) in [4.78, 5) is 11.6. The van der Waals surface area contributed by atoms with Crippen LogP contribution in [0.4, 0.5) is 0 Å². The zero-order valence-electron chi connectivity index (χ0n) is 10.4. The average Bonchev–Trinajstić information content (AvgIpc) is 2.95. The molecular formula is C13H9N5O2. The van der Waals surface area contributed by atoms with Gasteiger partial charge in [-0.2, -0.15) is 0 Å². The molecule has 7 nitrogen and oxygen atoms in total. The lowest BCUT2D eigenvalue weighted by atomic mass is 10.0. The van der Waals surface area contributed by atoms with Gasteiger partial charge < -0.3 is 4.74 Å². The maximum absolute atomic E-state index is 11.6. The van der Waals surface area contributed by atoms with Gasteiger partial charge in [-0.1, -0.05) is 30.3 Å². The highest BCUT2D eigenvalue weighted by Gasteiger charge is 2.26. The maximum Gasteiger partial charge on any atom is 0.311 e. The van der Waals surface area contributed by atoms with Gasteiger partial charge in [-0.25, -0.2) is 0 Å². The van der Waals surface area contributed by atoms with Crippen LogP contribution in [0, 0.1) is 0 Å². The predicted octanol–water partition coefficient (Wildman–Crippen LogP) is 1.04. The number of aromatic nitrogens is 5. The van der Waals surface area contributed by atoms with Gasteiger partial charge in [0.2, 0.25) is 5.65 Å². The summed E-state index contributed by atoms with van der Waals surface area (Å²) in [6, 6.07) is 9.52. The van der Waals surface area contributed by atoms with Crippen LogP contribution in [0.5, 0.6) is 5.75 Å². The molecule has 2 aromatic heterocycles. The first kappa shape index (κ1) is 11.0. The molecule has 0 amide bonds. The van der Waals surface area contributed by atoms with Gasteiger partial charge in [0.05, 0.1) is 6.42 Å². The van der Waals surface area contributed by atoms with E-state index in [9.17, 15) is 4.79 Å². The molecule has 0 atom stereocenters. The monoisotopic (exact) mass is 267 g/mol. The van der Waals surface area contributed by atoms with Crippen molar-refractivity contribution in [3.05, 3.63) is 35.9 Å². The van der Waals surface area contributed by atoms with Gasteiger partial charge in [-0.15, -0.1) is 14.8 Å². The summed E-state index contributed by atoms with van der Waals surface area (Å²) in [6.45, 7) is 0. The second kappa shape index (κ2) is 4.09. The molecule has 0 spiro atoms. The number of tetrazole rings is 1. The van der Waals surface area contributed by atoms with Crippen molar-refractivity contribution < 1.29 is 9.53 Å². The normalized spacial score (nSPS) is 14.1. The topological polar surface area (TPSA) is 82.3 Å². The van der Waals surface area contributed by atoms with Gasteiger partial charge in [0, 0.05) is 11.1 Å². The van der Waals surface area contributed by atoms with E-state index in [1.165, 1.54) is 4.63 Å². The fourth-order valence-corrected chi connectivity index (χ4v) is 2.33. The van der Waals surface area contributed by atoms with E-state index >= 15 is 0 Å². The average molecular weight is 267 g/mol. The molecule has 1 aliphatic rings. The molecule has 0 fully saturated rings. The molecule has 0 saturated carbocycles. The van der Waals surface area contributed by atoms with Crippen LogP contribution >= 0.6 is 0 Å². The second-order valence-electron chi connectivity index (χ2n) is 4.49. The number of ether oxygens (including phenoxy) is 1. The highest BCUT2D eigenvalue weighted by molar-refractivity contribution is 5.82. The molecule has 0 radical (unpaired) electrons. The lowest BCUT2D eigenvalue weighted by Crippen LogP contribution is -2.19. The van der Waals surface area contributed by atoms with Crippen LogP contribution in [0.15, 0.2) is 30.3 Å². The fourth-order valence-electron chi connectivity index (χ4n) is 2.33. The Balaban J connectivity index is 2.05. The Morgan fingerprint density at radius 1 is 1.15 bits per heavy atom. The molecule has 0 aliphatic carbocycles. The van der Waals surface area contributed by atoms with Crippen molar-refractivity contribution in [1.29, 1.82) is 0 Å². The van der Waals surface area contributed by atoms with Crippen molar-refractivity contribution in [2.75, 3.05) is 0 Å². The molecule has 20 heavy (non-hydrogen) atoms. The van der Waals surface area contributed by atoms with E-state index in [1.54, 1.807) is 0 Å². The van der Waals surface area contributed by atoms with Crippen molar-refractivity contribution >= 4 is 11.6 Å². The molecule has 4 rings (SSSR count). The van der Waals surface area contributed by atoms with E-state index in [2.05, 4.69) is 20.6 Å². The van der Waals surface area contributed by atoms with Crippen molar-refractivity contribution in [3.63, 3.8) is 0 Å². The van der Waals surface area contributed by atoms with Gasteiger partial charge in [0.15, 0.2) is 5.75 Å². The Morgan fingerprint density at radius 3 is 2.85 bits per heavy atom. The lowest BCUT2D eigenvalue weighted by Gasteiger charge is -2.18. The van der Waals surface area contributed by atoms with E-state index in [4.69, 9.17) is 4.74 Å².